The molecule has 1 N–H and O–H groups in total. The van der Waals surface area contributed by atoms with Gasteiger partial charge in [-0.3, -0.25) is 4.79 Å². The molecule has 1 aliphatic heterocycles. The summed E-state index contributed by atoms with van der Waals surface area (Å²) in [4.78, 5) is 14.2. The number of carbonyl (C=O) groups is 1. The number of aliphatic hydroxyl groups excluding tert-OH is 1. The Morgan fingerprint density at radius 2 is 2.00 bits per heavy atom. The van der Waals surface area contributed by atoms with Crippen LogP contribution in [0.2, 0.25) is 0 Å². The highest BCUT2D eigenvalue weighted by Gasteiger charge is 2.53. The molecule has 0 unspecified atom stereocenters. The molecule has 2 aliphatic carbocycles. The molecule has 1 saturated carbocycles. The number of rotatable bonds is 4. The number of allylic oxidation sites excluding steroid dienone is 2. The molecular weight excluding hydrogens is 312 g/mol. The molecule has 1 aromatic rings. The van der Waals surface area contributed by atoms with E-state index in [9.17, 15) is 15.2 Å². The molecule has 3 aliphatic rings. The molecule has 1 saturated heterocycles. The van der Waals surface area contributed by atoms with Crippen LogP contribution in [-0.2, 0) is 4.79 Å². The Morgan fingerprint density at radius 3 is 2.52 bits per heavy atom. The van der Waals surface area contributed by atoms with Gasteiger partial charge in [-0.05, 0) is 48.8 Å². The van der Waals surface area contributed by atoms with Gasteiger partial charge >= 0.3 is 0 Å². The highest BCUT2D eigenvalue weighted by atomic mass is 16.3. The molecule has 0 spiro atoms. The highest BCUT2D eigenvalue weighted by Crippen LogP contribution is 2.43. The molecule has 0 bridgehead atoms. The summed E-state index contributed by atoms with van der Waals surface area (Å²) in [6.45, 7) is -0.0891. The first-order chi connectivity index (χ1) is 12.2. The number of hydrogen-bond donors (Lipinski definition) is 1. The minimum Gasteiger partial charge on any atom is -0.394 e. The highest BCUT2D eigenvalue weighted by molar-refractivity contribution is 5.82. The molecule has 1 amide bonds. The maximum Gasteiger partial charge on any atom is 0.227 e. The van der Waals surface area contributed by atoms with Crippen molar-refractivity contribution < 1.29 is 9.90 Å². The van der Waals surface area contributed by atoms with Gasteiger partial charge in [0.15, 0.2) is 0 Å². The number of hydrogen-bond acceptors (Lipinski definition) is 3. The third kappa shape index (κ3) is 2.67. The number of nitriles is 1. The van der Waals surface area contributed by atoms with Crippen molar-refractivity contribution in [2.75, 3.05) is 6.61 Å². The first-order valence-electron chi connectivity index (χ1n) is 9.36. The van der Waals surface area contributed by atoms with Crippen LogP contribution in [0.25, 0.3) is 5.57 Å². The number of aliphatic hydroxyl groups is 1. The van der Waals surface area contributed by atoms with E-state index in [2.05, 4.69) is 36.4 Å². The number of likely N-dealkylation sites (tertiary alicyclic amines) is 1. The lowest BCUT2D eigenvalue weighted by atomic mass is 9.73. The molecular formula is C21H24N2O2. The first kappa shape index (κ1) is 16.4. The van der Waals surface area contributed by atoms with Crippen molar-refractivity contribution in [2.45, 2.75) is 56.5 Å². The van der Waals surface area contributed by atoms with Gasteiger partial charge in [-0.2, -0.15) is 5.26 Å². The second kappa shape index (κ2) is 6.65. The molecule has 0 aromatic heterocycles. The molecule has 1 aromatic carbocycles. The fourth-order valence-electron chi connectivity index (χ4n) is 4.43. The Bertz CT molecular complexity index is 727. The Balaban J connectivity index is 1.54. The molecule has 4 heteroatoms. The number of carbonyl (C=O) groups excluding carboxylic acids is 1. The van der Waals surface area contributed by atoms with Gasteiger partial charge in [0.2, 0.25) is 5.91 Å². The monoisotopic (exact) mass is 336 g/mol. The van der Waals surface area contributed by atoms with E-state index in [1.807, 2.05) is 0 Å². The van der Waals surface area contributed by atoms with E-state index in [4.69, 9.17) is 0 Å². The fraction of sp³-hybridized carbons (Fsp3) is 0.524. The van der Waals surface area contributed by atoms with Crippen LogP contribution in [0, 0.1) is 17.2 Å². The third-order valence-electron chi connectivity index (χ3n) is 6.15. The Kier molecular flexibility index (Phi) is 4.35. The second-order valence-corrected chi connectivity index (χ2v) is 7.47. The minimum absolute atomic E-state index is 0.0563. The molecule has 2 fully saturated rings. The maximum absolute atomic E-state index is 12.6. The smallest absolute Gasteiger partial charge is 0.227 e. The Morgan fingerprint density at radius 1 is 1.24 bits per heavy atom. The molecule has 3 atom stereocenters. The van der Waals surface area contributed by atoms with E-state index < -0.39 is 6.04 Å². The third-order valence-corrected chi connectivity index (χ3v) is 6.15. The maximum atomic E-state index is 12.6. The Labute approximate surface area is 148 Å². The predicted octanol–water partition coefficient (Wildman–Crippen LogP) is 3.23. The largest absolute Gasteiger partial charge is 0.394 e. The van der Waals surface area contributed by atoms with Crippen molar-refractivity contribution in [2.24, 2.45) is 5.92 Å². The summed E-state index contributed by atoms with van der Waals surface area (Å²) in [6, 6.07) is 9.94. The minimum atomic E-state index is -0.457. The number of amides is 1. The summed E-state index contributed by atoms with van der Waals surface area (Å²) in [5.41, 5.74) is 3.69. The zero-order chi connectivity index (χ0) is 17.4. The van der Waals surface area contributed by atoms with Crippen LogP contribution < -0.4 is 0 Å². The number of nitrogens with zero attached hydrogens (tertiary/aromatic N) is 2. The standard InChI is InChI=1S/C21H24N2O2/c22-12-18-20(19(13-24)23(18)21(25)17-6-3-7-17)16-10-8-15(9-11-16)14-4-1-2-5-14/h4,8-11,17-20,24H,1-3,5-7,13H2/t18-,19+,20+/m0/s1. The van der Waals surface area contributed by atoms with Gasteiger partial charge in [-0.1, -0.05) is 36.8 Å². The summed E-state index contributed by atoms with van der Waals surface area (Å²) in [5.74, 6) is 0.0222. The van der Waals surface area contributed by atoms with Crippen molar-refractivity contribution in [3.63, 3.8) is 0 Å². The van der Waals surface area contributed by atoms with E-state index >= 15 is 0 Å². The summed E-state index contributed by atoms with van der Waals surface area (Å²) in [5, 5.41) is 19.5. The van der Waals surface area contributed by atoms with E-state index in [0.29, 0.717) is 0 Å². The lowest BCUT2D eigenvalue weighted by molar-refractivity contribution is -0.154. The first-order valence-corrected chi connectivity index (χ1v) is 9.36. The van der Waals surface area contributed by atoms with Gasteiger partial charge in [0.1, 0.15) is 6.04 Å². The zero-order valence-corrected chi connectivity index (χ0v) is 14.4. The summed E-state index contributed by atoms with van der Waals surface area (Å²) in [6.07, 6.45) is 8.73. The number of benzene rings is 1. The second-order valence-electron chi connectivity index (χ2n) is 7.47. The predicted molar refractivity (Wildman–Crippen MR) is 95.5 cm³/mol. The van der Waals surface area contributed by atoms with Gasteiger partial charge < -0.3 is 10.0 Å². The summed E-state index contributed by atoms with van der Waals surface area (Å²) >= 11 is 0. The molecule has 1 heterocycles. The fourth-order valence-corrected chi connectivity index (χ4v) is 4.43. The molecule has 4 rings (SSSR count). The summed E-state index contributed by atoms with van der Waals surface area (Å²) in [7, 11) is 0. The van der Waals surface area contributed by atoms with E-state index in [1.165, 1.54) is 17.6 Å². The van der Waals surface area contributed by atoms with Crippen LogP contribution in [0.5, 0.6) is 0 Å². The normalized spacial score (nSPS) is 28.7. The van der Waals surface area contributed by atoms with Gasteiger partial charge in [0.25, 0.3) is 0 Å². The van der Waals surface area contributed by atoms with Gasteiger partial charge in [-0.15, -0.1) is 0 Å². The van der Waals surface area contributed by atoms with Crippen molar-refractivity contribution in [1.29, 1.82) is 5.26 Å². The van der Waals surface area contributed by atoms with Crippen LogP contribution in [0.3, 0.4) is 0 Å². The van der Waals surface area contributed by atoms with Crippen LogP contribution >= 0.6 is 0 Å². The van der Waals surface area contributed by atoms with Crippen molar-refractivity contribution in [3.05, 3.63) is 41.5 Å². The average Bonchev–Trinajstić information content (AvgIpc) is 3.08. The van der Waals surface area contributed by atoms with Gasteiger partial charge in [-0.25, -0.2) is 0 Å². The molecule has 4 nitrogen and oxygen atoms in total. The lowest BCUT2D eigenvalue weighted by Crippen LogP contribution is -2.66. The lowest BCUT2D eigenvalue weighted by Gasteiger charge is -2.53. The van der Waals surface area contributed by atoms with E-state index in [-0.39, 0.29) is 30.4 Å². The molecule has 25 heavy (non-hydrogen) atoms. The topological polar surface area (TPSA) is 64.3 Å². The van der Waals surface area contributed by atoms with Gasteiger partial charge in [0.05, 0.1) is 18.7 Å². The van der Waals surface area contributed by atoms with Crippen molar-refractivity contribution in [1.82, 2.24) is 4.90 Å². The summed E-state index contributed by atoms with van der Waals surface area (Å²) < 4.78 is 0. The van der Waals surface area contributed by atoms with Crippen molar-refractivity contribution in [3.8, 4) is 6.07 Å². The zero-order valence-electron chi connectivity index (χ0n) is 14.4. The average molecular weight is 336 g/mol. The SMILES string of the molecule is N#C[C@H]1[C@@H](c2ccc(C3=CCCC3)cc2)[C@@H](CO)N1C(=O)C1CCC1. The quantitative estimate of drug-likeness (QED) is 0.918. The molecule has 0 radical (unpaired) electrons. The van der Waals surface area contributed by atoms with Crippen LogP contribution in [0.15, 0.2) is 30.3 Å². The van der Waals surface area contributed by atoms with Crippen LogP contribution in [0.1, 0.15) is 55.6 Å². The Hall–Kier alpha value is -2.12. The van der Waals surface area contributed by atoms with Crippen molar-refractivity contribution >= 4 is 11.5 Å². The van der Waals surface area contributed by atoms with Crippen LogP contribution in [0.4, 0.5) is 0 Å². The van der Waals surface area contributed by atoms with Crippen LogP contribution in [-0.4, -0.2) is 34.6 Å². The van der Waals surface area contributed by atoms with Gasteiger partial charge in [0, 0.05) is 11.8 Å². The van der Waals surface area contributed by atoms with E-state index in [1.54, 1.807) is 4.90 Å². The van der Waals surface area contributed by atoms with E-state index in [0.717, 1.165) is 37.7 Å². The molecule has 130 valence electrons.